The third-order valence-corrected chi connectivity index (χ3v) is 5.67. The van der Waals surface area contributed by atoms with Gasteiger partial charge < -0.3 is 15.3 Å². The van der Waals surface area contributed by atoms with Crippen molar-refractivity contribution >= 4 is 28.1 Å². The Labute approximate surface area is 171 Å². The SMILES string of the molecule is [C-]#[N+]c1ccc2c(N3CCC(O)CC3)nnc(NCc3ccc(C)c(C)c3)c2c1. The number of nitrogens with zero attached hydrogens (tertiary/aromatic N) is 4. The molecule has 1 saturated heterocycles. The van der Waals surface area contributed by atoms with Gasteiger partial charge in [-0.3, -0.25) is 0 Å². The van der Waals surface area contributed by atoms with Gasteiger partial charge in [0.1, 0.15) is 0 Å². The summed E-state index contributed by atoms with van der Waals surface area (Å²) in [4.78, 5) is 5.75. The van der Waals surface area contributed by atoms with Gasteiger partial charge in [-0.1, -0.05) is 30.3 Å². The molecule has 0 amide bonds. The van der Waals surface area contributed by atoms with E-state index in [9.17, 15) is 5.11 Å². The summed E-state index contributed by atoms with van der Waals surface area (Å²) in [6.07, 6.45) is 1.23. The Morgan fingerprint density at radius 3 is 2.59 bits per heavy atom. The number of hydrogen-bond donors (Lipinski definition) is 2. The second-order valence-corrected chi connectivity index (χ2v) is 7.70. The fourth-order valence-electron chi connectivity index (χ4n) is 3.74. The average molecular weight is 387 g/mol. The molecule has 1 aromatic heterocycles. The van der Waals surface area contributed by atoms with Crippen LogP contribution in [0.5, 0.6) is 0 Å². The lowest BCUT2D eigenvalue weighted by Crippen LogP contribution is -2.36. The number of fused-ring (bicyclic) bond motifs is 1. The maximum atomic E-state index is 9.81. The van der Waals surface area contributed by atoms with Crippen LogP contribution in [0, 0.1) is 20.4 Å². The zero-order chi connectivity index (χ0) is 20.4. The highest BCUT2D eigenvalue weighted by Gasteiger charge is 2.21. The number of aliphatic hydroxyl groups excluding tert-OH is 1. The maximum Gasteiger partial charge on any atom is 0.188 e. The van der Waals surface area contributed by atoms with Gasteiger partial charge in [0.15, 0.2) is 17.3 Å². The number of aromatic nitrogens is 2. The van der Waals surface area contributed by atoms with E-state index in [0.29, 0.717) is 18.1 Å². The molecule has 1 aliphatic rings. The molecule has 0 radical (unpaired) electrons. The minimum absolute atomic E-state index is 0.238. The molecule has 0 aliphatic carbocycles. The van der Waals surface area contributed by atoms with Gasteiger partial charge in [0.05, 0.1) is 12.7 Å². The van der Waals surface area contributed by atoms with E-state index in [1.165, 1.54) is 16.7 Å². The lowest BCUT2D eigenvalue weighted by molar-refractivity contribution is 0.145. The molecule has 2 aromatic carbocycles. The molecule has 0 atom stereocenters. The van der Waals surface area contributed by atoms with Crippen molar-refractivity contribution in [3.8, 4) is 0 Å². The van der Waals surface area contributed by atoms with E-state index in [0.717, 1.165) is 42.5 Å². The van der Waals surface area contributed by atoms with Crippen LogP contribution in [0.4, 0.5) is 17.3 Å². The second kappa shape index (κ2) is 8.06. The normalized spacial score (nSPS) is 14.8. The van der Waals surface area contributed by atoms with Gasteiger partial charge in [-0.2, -0.15) is 0 Å². The predicted octanol–water partition coefficient (Wildman–Crippen LogP) is 4.37. The highest BCUT2D eigenvalue weighted by molar-refractivity contribution is 6.00. The van der Waals surface area contributed by atoms with Gasteiger partial charge in [0.2, 0.25) is 0 Å². The molecule has 29 heavy (non-hydrogen) atoms. The van der Waals surface area contributed by atoms with Gasteiger partial charge in [-0.25, -0.2) is 4.85 Å². The van der Waals surface area contributed by atoms with E-state index in [4.69, 9.17) is 6.57 Å². The Morgan fingerprint density at radius 1 is 1.07 bits per heavy atom. The third-order valence-electron chi connectivity index (χ3n) is 5.67. The summed E-state index contributed by atoms with van der Waals surface area (Å²) in [5.74, 6) is 1.50. The van der Waals surface area contributed by atoms with Gasteiger partial charge in [-0.15, -0.1) is 10.2 Å². The number of anilines is 2. The first-order valence-corrected chi connectivity index (χ1v) is 9.96. The van der Waals surface area contributed by atoms with Crippen LogP contribution in [-0.2, 0) is 6.54 Å². The first-order chi connectivity index (χ1) is 14.0. The Morgan fingerprint density at radius 2 is 1.86 bits per heavy atom. The number of piperidine rings is 1. The fourth-order valence-corrected chi connectivity index (χ4v) is 3.74. The van der Waals surface area contributed by atoms with Crippen molar-refractivity contribution in [2.45, 2.75) is 39.3 Å². The topological polar surface area (TPSA) is 65.6 Å². The average Bonchev–Trinajstić information content (AvgIpc) is 2.74. The van der Waals surface area contributed by atoms with Crippen molar-refractivity contribution < 1.29 is 5.11 Å². The van der Waals surface area contributed by atoms with Gasteiger partial charge in [0.25, 0.3) is 0 Å². The predicted molar refractivity (Wildman–Crippen MR) is 116 cm³/mol. The van der Waals surface area contributed by atoms with Crippen molar-refractivity contribution in [3.63, 3.8) is 0 Å². The molecule has 0 bridgehead atoms. The van der Waals surface area contributed by atoms with Crippen molar-refractivity contribution in [1.29, 1.82) is 0 Å². The standard InChI is InChI=1S/C23H25N5O/c1-15-4-5-17(12-16(15)2)14-25-22-21-13-18(24-3)6-7-20(21)23(27-26-22)28-10-8-19(29)9-11-28/h4-7,12-13,19,29H,8-11,14H2,1-2H3,(H,25,26). The summed E-state index contributed by atoms with van der Waals surface area (Å²) in [6, 6.07) is 12.1. The molecule has 3 aromatic rings. The molecule has 2 heterocycles. The Balaban J connectivity index is 1.67. The first kappa shape index (κ1) is 19.2. The largest absolute Gasteiger partial charge is 0.393 e. The molecule has 1 aliphatic heterocycles. The molecule has 4 rings (SSSR count). The quantitative estimate of drug-likeness (QED) is 0.651. The zero-order valence-electron chi connectivity index (χ0n) is 16.8. The molecule has 1 fully saturated rings. The highest BCUT2D eigenvalue weighted by atomic mass is 16.3. The van der Waals surface area contributed by atoms with Gasteiger partial charge >= 0.3 is 0 Å². The summed E-state index contributed by atoms with van der Waals surface area (Å²) < 4.78 is 0. The number of rotatable bonds is 4. The maximum absolute atomic E-state index is 9.81. The van der Waals surface area contributed by atoms with Crippen molar-refractivity contribution in [3.05, 3.63) is 64.5 Å². The van der Waals surface area contributed by atoms with E-state index >= 15 is 0 Å². The Bertz CT molecular complexity index is 1080. The number of nitrogens with one attached hydrogen (secondary N) is 1. The van der Waals surface area contributed by atoms with Gasteiger partial charge in [-0.05, 0) is 49.4 Å². The van der Waals surface area contributed by atoms with Gasteiger partial charge in [0, 0.05) is 30.4 Å². The molecular weight excluding hydrogens is 362 g/mol. The monoisotopic (exact) mass is 387 g/mol. The van der Waals surface area contributed by atoms with Crippen molar-refractivity contribution in [2.24, 2.45) is 0 Å². The second-order valence-electron chi connectivity index (χ2n) is 7.70. The van der Waals surface area contributed by atoms with Crippen LogP contribution < -0.4 is 10.2 Å². The summed E-state index contributed by atoms with van der Waals surface area (Å²) >= 11 is 0. The molecule has 2 N–H and O–H groups in total. The molecule has 0 spiro atoms. The van der Waals surface area contributed by atoms with E-state index in [2.05, 4.69) is 57.3 Å². The van der Waals surface area contributed by atoms with Crippen molar-refractivity contribution in [1.82, 2.24) is 10.2 Å². The van der Waals surface area contributed by atoms with E-state index < -0.39 is 0 Å². The lowest BCUT2D eigenvalue weighted by Gasteiger charge is -2.31. The Kier molecular flexibility index (Phi) is 5.32. The van der Waals surface area contributed by atoms with Crippen molar-refractivity contribution in [2.75, 3.05) is 23.3 Å². The lowest BCUT2D eigenvalue weighted by atomic mass is 10.1. The minimum Gasteiger partial charge on any atom is -0.393 e. The zero-order valence-corrected chi connectivity index (χ0v) is 16.8. The summed E-state index contributed by atoms with van der Waals surface area (Å²) in [5.41, 5.74) is 4.30. The molecule has 148 valence electrons. The molecule has 6 nitrogen and oxygen atoms in total. The van der Waals surface area contributed by atoms with Crippen LogP contribution >= 0.6 is 0 Å². The molecular formula is C23H25N5O. The van der Waals surface area contributed by atoms with E-state index in [1.807, 2.05) is 18.2 Å². The molecule has 0 saturated carbocycles. The summed E-state index contributed by atoms with van der Waals surface area (Å²) in [6.45, 7) is 13.7. The highest BCUT2D eigenvalue weighted by Crippen LogP contribution is 2.33. The number of hydrogen-bond acceptors (Lipinski definition) is 5. The van der Waals surface area contributed by atoms with E-state index in [1.54, 1.807) is 0 Å². The summed E-state index contributed by atoms with van der Waals surface area (Å²) in [7, 11) is 0. The third kappa shape index (κ3) is 4.01. The molecule has 0 unspecified atom stereocenters. The van der Waals surface area contributed by atoms with Crippen LogP contribution in [0.15, 0.2) is 36.4 Å². The first-order valence-electron chi connectivity index (χ1n) is 9.96. The van der Waals surface area contributed by atoms with Crippen LogP contribution in [0.3, 0.4) is 0 Å². The van der Waals surface area contributed by atoms with Crippen LogP contribution in [0.1, 0.15) is 29.5 Å². The summed E-state index contributed by atoms with van der Waals surface area (Å²) in [5, 5.41) is 24.1. The van der Waals surface area contributed by atoms with Crippen LogP contribution in [0.2, 0.25) is 0 Å². The number of aliphatic hydroxyl groups is 1. The smallest absolute Gasteiger partial charge is 0.188 e. The Hall–Kier alpha value is -3.17. The van der Waals surface area contributed by atoms with Crippen LogP contribution in [0.25, 0.3) is 15.6 Å². The molecule has 6 heteroatoms. The number of aryl methyl sites for hydroxylation is 2. The van der Waals surface area contributed by atoms with E-state index in [-0.39, 0.29) is 6.10 Å². The minimum atomic E-state index is -0.238. The van der Waals surface area contributed by atoms with Crippen LogP contribution in [-0.4, -0.2) is 34.5 Å². The fraction of sp³-hybridized carbons (Fsp3) is 0.348. The number of benzene rings is 2.